The molecule has 0 bridgehead atoms. The Morgan fingerprint density at radius 3 is 2.19 bits per heavy atom. The summed E-state index contributed by atoms with van der Waals surface area (Å²) in [5.74, 6) is -0.319. The molecule has 0 saturated carbocycles. The molecule has 0 radical (unpaired) electrons. The van der Waals surface area contributed by atoms with Crippen LogP contribution in [0.15, 0.2) is 36.4 Å². The Labute approximate surface area is 160 Å². The molecule has 4 rings (SSSR count). The molecule has 0 unspecified atom stereocenters. The number of carbonyl (C=O) groups is 2. The number of likely N-dealkylation sites (tertiary alicyclic amines) is 1. The van der Waals surface area contributed by atoms with Crippen LogP contribution in [0, 0.1) is 11.8 Å². The number of fused-ring (bicyclic) bond motifs is 1. The van der Waals surface area contributed by atoms with Crippen molar-refractivity contribution in [2.75, 3.05) is 44.9 Å². The summed E-state index contributed by atoms with van der Waals surface area (Å²) >= 11 is 0. The van der Waals surface area contributed by atoms with Crippen molar-refractivity contribution in [3.05, 3.63) is 42.0 Å². The van der Waals surface area contributed by atoms with Crippen LogP contribution in [-0.4, -0.2) is 61.6 Å². The number of ether oxygens (including phenoxy) is 1. The van der Waals surface area contributed by atoms with Crippen LogP contribution in [0.3, 0.4) is 0 Å². The number of amides is 2. The minimum Gasteiger partial charge on any atom is -0.378 e. The number of morpholine rings is 1. The minimum atomic E-state index is -0.149. The van der Waals surface area contributed by atoms with E-state index in [1.807, 2.05) is 24.1 Å². The van der Waals surface area contributed by atoms with Gasteiger partial charge in [0.05, 0.1) is 31.7 Å². The lowest BCUT2D eigenvalue weighted by Crippen LogP contribution is -2.40. The van der Waals surface area contributed by atoms with E-state index in [9.17, 15) is 9.59 Å². The maximum atomic E-state index is 12.6. The van der Waals surface area contributed by atoms with Gasteiger partial charge in [0.15, 0.2) is 0 Å². The molecular formula is C21H27N3O3. The van der Waals surface area contributed by atoms with Gasteiger partial charge in [0.25, 0.3) is 0 Å². The number of nitrogens with zero attached hydrogens (tertiary/aromatic N) is 3. The van der Waals surface area contributed by atoms with Gasteiger partial charge in [-0.15, -0.1) is 0 Å². The van der Waals surface area contributed by atoms with Gasteiger partial charge in [-0.2, -0.15) is 0 Å². The van der Waals surface area contributed by atoms with Crippen LogP contribution in [0.2, 0.25) is 0 Å². The summed E-state index contributed by atoms with van der Waals surface area (Å²) in [5.41, 5.74) is 2.39. The van der Waals surface area contributed by atoms with Crippen molar-refractivity contribution < 1.29 is 14.3 Å². The van der Waals surface area contributed by atoms with Gasteiger partial charge in [-0.25, -0.2) is 0 Å². The second-order valence-corrected chi connectivity index (χ2v) is 7.68. The fraction of sp³-hybridized carbons (Fsp3) is 0.524. The zero-order chi connectivity index (χ0) is 18.8. The second kappa shape index (κ2) is 7.82. The number of imide groups is 1. The highest BCUT2D eigenvalue weighted by Crippen LogP contribution is 2.35. The van der Waals surface area contributed by atoms with Gasteiger partial charge in [0, 0.05) is 25.3 Å². The Hall–Kier alpha value is -2.18. The maximum absolute atomic E-state index is 12.6. The van der Waals surface area contributed by atoms with Crippen LogP contribution in [0.4, 0.5) is 5.69 Å². The molecule has 1 aliphatic carbocycles. The first-order valence-electron chi connectivity index (χ1n) is 9.74. The van der Waals surface area contributed by atoms with E-state index in [-0.39, 0.29) is 23.7 Å². The summed E-state index contributed by atoms with van der Waals surface area (Å²) in [7, 11) is 1.96. The molecule has 144 valence electrons. The molecule has 2 amide bonds. The monoisotopic (exact) mass is 369 g/mol. The lowest BCUT2D eigenvalue weighted by Gasteiger charge is -2.29. The van der Waals surface area contributed by atoms with Crippen LogP contribution in [0.25, 0.3) is 0 Å². The molecule has 2 aliphatic heterocycles. The third-order valence-electron chi connectivity index (χ3n) is 5.75. The standard InChI is InChI=1S/C21H27N3O3/c1-22(15-24-20(25)18-4-2-3-5-19(18)21(24)26)14-16-6-8-17(9-7-16)23-10-12-27-13-11-23/h2-3,6-9,18-19H,4-5,10-15H2,1H3/t18-,19+. The van der Waals surface area contributed by atoms with Crippen LogP contribution >= 0.6 is 0 Å². The van der Waals surface area contributed by atoms with Crippen molar-refractivity contribution in [3.8, 4) is 0 Å². The van der Waals surface area contributed by atoms with E-state index in [0.29, 0.717) is 26.1 Å². The molecule has 2 heterocycles. The number of benzene rings is 1. The van der Waals surface area contributed by atoms with E-state index >= 15 is 0 Å². The molecular weight excluding hydrogens is 342 g/mol. The normalized spacial score (nSPS) is 25.4. The molecule has 6 nitrogen and oxygen atoms in total. The lowest BCUT2D eigenvalue weighted by atomic mass is 9.85. The number of allylic oxidation sites excluding steroid dienone is 2. The zero-order valence-corrected chi connectivity index (χ0v) is 15.8. The summed E-state index contributed by atoms with van der Waals surface area (Å²) in [6.45, 7) is 4.47. The zero-order valence-electron chi connectivity index (χ0n) is 15.8. The van der Waals surface area contributed by atoms with Crippen LogP contribution in [0.5, 0.6) is 0 Å². The van der Waals surface area contributed by atoms with Gasteiger partial charge in [-0.1, -0.05) is 24.3 Å². The molecule has 0 aromatic heterocycles. The van der Waals surface area contributed by atoms with Gasteiger partial charge in [-0.05, 0) is 37.6 Å². The van der Waals surface area contributed by atoms with Gasteiger partial charge in [0.2, 0.25) is 11.8 Å². The maximum Gasteiger partial charge on any atom is 0.234 e. The summed E-state index contributed by atoms with van der Waals surface area (Å²) in [6, 6.07) is 8.53. The SMILES string of the molecule is CN(Cc1ccc(N2CCOCC2)cc1)CN1C(=O)[C@H]2CC=CC[C@H]2C1=O. The summed E-state index contributed by atoms with van der Waals surface area (Å²) in [6.07, 6.45) is 5.43. The van der Waals surface area contributed by atoms with E-state index in [1.165, 1.54) is 16.2 Å². The molecule has 1 aromatic carbocycles. The van der Waals surface area contributed by atoms with Crippen molar-refractivity contribution in [2.24, 2.45) is 11.8 Å². The first-order valence-corrected chi connectivity index (χ1v) is 9.74. The van der Waals surface area contributed by atoms with E-state index in [2.05, 4.69) is 29.2 Å². The molecule has 6 heteroatoms. The van der Waals surface area contributed by atoms with Gasteiger partial charge < -0.3 is 9.64 Å². The first kappa shape index (κ1) is 18.2. The van der Waals surface area contributed by atoms with Gasteiger partial charge >= 0.3 is 0 Å². The van der Waals surface area contributed by atoms with E-state index in [1.54, 1.807) is 0 Å². The Morgan fingerprint density at radius 2 is 1.59 bits per heavy atom. The highest BCUT2D eigenvalue weighted by Gasteiger charge is 2.47. The number of hydrogen-bond acceptors (Lipinski definition) is 5. The van der Waals surface area contributed by atoms with Gasteiger partial charge in [-0.3, -0.25) is 19.4 Å². The predicted molar refractivity (Wildman–Crippen MR) is 103 cm³/mol. The number of anilines is 1. The minimum absolute atomic E-state index is 0.0103. The molecule has 2 atom stereocenters. The fourth-order valence-corrected chi connectivity index (χ4v) is 4.25. The van der Waals surface area contributed by atoms with Crippen molar-refractivity contribution in [1.82, 2.24) is 9.80 Å². The molecule has 1 aromatic rings. The van der Waals surface area contributed by atoms with Crippen LogP contribution < -0.4 is 4.90 Å². The van der Waals surface area contributed by atoms with Crippen molar-refractivity contribution >= 4 is 17.5 Å². The largest absolute Gasteiger partial charge is 0.378 e. The molecule has 27 heavy (non-hydrogen) atoms. The molecule has 2 fully saturated rings. The molecule has 0 spiro atoms. The lowest BCUT2D eigenvalue weighted by molar-refractivity contribution is -0.142. The number of hydrogen-bond donors (Lipinski definition) is 0. The average molecular weight is 369 g/mol. The quantitative estimate of drug-likeness (QED) is 0.586. The van der Waals surface area contributed by atoms with E-state index in [0.717, 1.165) is 26.3 Å². The molecule has 3 aliphatic rings. The molecule has 2 saturated heterocycles. The van der Waals surface area contributed by atoms with Crippen molar-refractivity contribution in [3.63, 3.8) is 0 Å². The third-order valence-corrected chi connectivity index (χ3v) is 5.75. The Kier molecular flexibility index (Phi) is 5.27. The average Bonchev–Trinajstić information content (AvgIpc) is 2.94. The van der Waals surface area contributed by atoms with Crippen LogP contribution in [-0.2, 0) is 20.9 Å². The number of rotatable bonds is 5. The van der Waals surface area contributed by atoms with Crippen molar-refractivity contribution in [1.29, 1.82) is 0 Å². The predicted octanol–water partition coefficient (Wildman–Crippen LogP) is 1.86. The topological polar surface area (TPSA) is 53.1 Å². The Balaban J connectivity index is 1.34. The second-order valence-electron chi connectivity index (χ2n) is 7.68. The fourth-order valence-electron chi connectivity index (χ4n) is 4.25. The smallest absolute Gasteiger partial charge is 0.234 e. The van der Waals surface area contributed by atoms with Crippen molar-refractivity contribution in [2.45, 2.75) is 19.4 Å². The van der Waals surface area contributed by atoms with Gasteiger partial charge in [0.1, 0.15) is 0 Å². The Morgan fingerprint density at radius 1 is 1.00 bits per heavy atom. The first-order chi connectivity index (χ1) is 13.1. The summed E-state index contributed by atoms with van der Waals surface area (Å²) in [5, 5.41) is 0. The molecule has 0 N–H and O–H groups in total. The highest BCUT2D eigenvalue weighted by atomic mass is 16.5. The van der Waals surface area contributed by atoms with E-state index < -0.39 is 0 Å². The number of carbonyl (C=O) groups excluding carboxylic acids is 2. The van der Waals surface area contributed by atoms with E-state index in [4.69, 9.17) is 4.74 Å². The summed E-state index contributed by atoms with van der Waals surface area (Å²) < 4.78 is 5.40. The third kappa shape index (κ3) is 3.77. The Bertz CT molecular complexity index is 699. The highest BCUT2D eigenvalue weighted by molar-refractivity contribution is 6.05. The van der Waals surface area contributed by atoms with Crippen LogP contribution in [0.1, 0.15) is 18.4 Å². The summed E-state index contributed by atoms with van der Waals surface area (Å²) in [4.78, 5) is 31.0.